The number of rotatable bonds is 3. The minimum atomic E-state index is -0.303. The molecule has 2 fully saturated rings. The summed E-state index contributed by atoms with van der Waals surface area (Å²) in [6.07, 6.45) is 8.01. The summed E-state index contributed by atoms with van der Waals surface area (Å²) in [5.74, 6) is 1.43. The van der Waals surface area contributed by atoms with Crippen LogP contribution in [0.3, 0.4) is 0 Å². The second kappa shape index (κ2) is 4.09. The van der Waals surface area contributed by atoms with Crippen molar-refractivity contribution in [3.8, 4) is 0 Å². The van der Waals surface area contributed by atoms with Crippen molar-refractivity contribution in [3.05, 3.63) is 0 Å². The molecule has 0 radical (unpaired) electrons. The van der Waals surface area contributed by atoms with E-state index in [1.807, 2.05) is 0 Å². The molecule has 2 saturated carbocycles. The average Bonchev–Trinajstić information content (AvgIpc) is 2.94. The fraction of sp³-hybridized carbons (Fsp3) is 0.867. The van der Waals surface area contributed by atoms with E-state index in [0.29, 0.717) is 11.3 Å². The first kappa shape index (κ1) is 12.7. The second-order valence-corrected chi connectivity index (χ2v) is 8.52. The Morgan fingerprint density at radius 3 is 2.50 bits per heavy atom. The lowest BCUT2D eigenvalue weighted by Gasteiger charge is -2.28. The molecule has 0 spiro atoms. The molecular formula is C15H23NOS. The number of carbonyl (C=O) groups is 1. The molecule has 0 unspecified atom stereocenters. The molecule has 2 nitrogen and oxygen atoms in total. The van der Waals surface area contributed by atoms with Crippen molar-refractivity contribution >= 4 is 22.7 Å². The highest BCUT2D eigenvalue weighted by atomic mass is 32.2. The van der Waals surface area contributed by atoms with Gasteiger partial charge in [0.15, 0.2) is 0 Å². The van der Waals surface area contributed by atoms with Crippen LogP contribution in [-0.2, 0) is 4.79 Å². The van der Waals surface area contributed by atoms with Gasteiger partial charge in [0.2, 0.25) is 0 Å². The van der Waals surface area contributed by atoms with Gasteiger partial charge in [0, 0.05) is 6.42 Å². The van der Waals surface area contributed by atoms with Gasteiger partial charge in [0.1, 0.15) is 4.75 Å². The molecule has 1 amide bonds. The van der Waals surface area contributed by atoms with Gasteiger partial charge >= 0.3 is 0 Å². The number of hydrogen-bond acceptors (Lipinski definition) is 2. The zero-order valence-corrected chi connectivity index (χ0v) is 12.5. The fourth-order valence-corrected chi connectivity index (χ4v) is 5.22. The standard InChI is InChI=1S/C15H23NOS/c1-10(2)14(3)13(17)16-12(18-14)9-15-6-4-11(8-15)5-7-15/h10-11H,4-9H2,1-3H3/t11?,14-,15?/m1/s1. The van der Waals surface area contributed by atoms with Crippen LogP contribution in [-0.4, -0.2) is 15.7 Å². The van der Waals surface area contributed by atoms with E-state index >= 15 is 0 Å². The summed E-state index contributed by atoms with van der Waals surface area (Å²) in [4.78, 5) is 16.5. The van der Waals surface area contributed by atoms with Crippen LogP contribution in [0.2, 0.25) is 0 Å². The molecule has 0 aromatic carbocycles. The molecule has 100 valence electrons. The predicted molar refractivity (Wildman–Crippen MR) is 76.9 cm³/mol. The van der Waals surface area contributed by atoms with Gasteiger partial charge in [-0.05, 0) is 56.3 Å². The first-order chi connectivity index (χ1) is 8.43. The molecule has 0 aromatic rings. The lowest BCUT2D eigenvalue weighted by molar-refractivity contribution is -0.120. The summed E-state index contributed by atoms with van der Waals surface area (Å²) in [6, 6.07) is 0. The number of amides is 1. The molecule has 2 bridgehead atoms. The van der Waals surface area contributed by atoms with Crippen LogP contribution in [0.1, 0.15) is 59.3 Å². The molecule has 1 heterocycles. The zero-order chi connectivity index (χ0) is 13.0. The normalized spacial score (nSPS) is 43.0. The maximum Gasteiger partial charge on any atom is 0.263 e. The summed E-state index contributed by atoms with van der Waals surface area (Å²) < 4.78 is -0.303. The van der Waals surface area contributed by atoms with Crippen molar-refractivity contribution in [2.45, 2.75) is 64.0 Å². The Balaban J connectivity index is 1.72. The molecule has 0 aromatic heterocycles. The van der Waals surface area contributed by atoms with Crippen LogP contribution in [0.25, 0.3) is 0 Å². The van der Waals surface area contributed by atoms with E-state index in [2.05, 4.69) is 25.8 Å². The Labute approximate surface area is 114 Å². The first-order valence-electron chi connectivity index (χ1n) is 7.25. The average molecular weight is 265 g/mol. The van der Waals surface area contributed by atoms with E-state index < -0.39 is 0 Å². The van der Waals surface area contributed by atoms with Crippen LogP contribution >= 0.6 is 11.8 Å². The third kappa shape index (κ3) is 1.86. The van der Waals surface area contributed by atoms with Gasteiger partial charge in [-0.2, -0.15) is 0 Å². The fourth-order valence-electron chi connectivity index (χ4n) is 3.86. The van der Waals surface area contributed by atoms with Crippen LogP contribution in [0.5, 0.6) is 0 Å². The summed E-state index contributed by atoms with van der Waals surface area (Å²) >= 11 is 1.75. The first-order valence-corrected chi connectivity index (χ1v) is 8.06. The van der Waals surface area contributed by atoms with Gasteiger partial charge in [-0.1, -0.05) is 25.6 Å². The number of fused-ring (bicyclic) bond motifs is 2. The molecule has 3 heteroatoms. The summed E-state index contributed by atoms with van der Waals surface area (Å²) in [6.45, 7) is 6.32. The quantitative estimate of drug-likeness (QED) is 0.770. The van der Waals surface area contributed by atoms with Crippen LogP contribution in [0.15, 0.2) is 4.99 Å². The molecule has 2 aliphatic carbocycles. The summed E-state index contributed by atoms with van der Waals surface area (Å²) in [5.41, 5.74) is 0.513. The number of hydrogen-bond donors (Lipinski definition) is 0. The Morgan fingerprint density at radius 2 is 2.06 bits per heavy atom. The number of nitrogens with zero attached hydrogens (tertiary/aromatic N) is 1. The minimum Gasteiger partial charge on any atom is -0.271 e. The summed E-state index contributed by atoms with van der Waals surface area (Å²) in [5, 5.41) is 1.12. The van der Waals surface area contributed by atoms with Gasteiger partial charge in [-0.3, -0.25) is 4.79 Å². The number of aliphatic imine (C=N–C) groups is 1. The monoisotopic (exact) mass is 265 g/mol. The van der Waals surface area contributed by atoms with Gasteiger partial charge in [0.05, 0.1) is 5.04 Å². The zero-order valence-electron chi connectivity index (χ0n) is 11.7. The molecule has 1 atom stereocenters. The predicted octanol–water partition coefficient (Wildman–Crippen LogP) is 4.04. The number of thioether (sulfide) groups is 1. The van der Waals surface area contributed by atoms with Crippen LogP contribution in [0.4, 0.5) is 0 Å². The van der Waals surface area contributed by atoms with Gasteiger partial charge in [0.25, 0.3) is 5.91 Å². The molecule has 1 aliphatic heterocycles. The molecule has 18 heavy (non-hydrogen) atoms. The SMILES string of the molecule is CC(C)[C@@]1(C)SC(CC23CCC(CC2)C3)=NC1=O. The van der Waals surface area contributed by atoms with Crippen molar-refractivity contribution in [1.82, 2.24) is 0 Å². The van der Waals surface area contributed by atoms with Crippen molar-refractivity contribution in [2.24, 2.45) is 22.2 Å². The molecule has 3 rings (SSSR count). The van der Waals surface area contributed by atoms with Crippen molar-refractivity contribution in [1.29, 1.82) is 0 Å². The third-order valence-corrected chi connectivity index (χ3v) is 7.04. The second-order valence-electron chi connectivity index (χ2n) is 7.00. The minimum absolute atomic E-state index is 0.0986. The topological polar surface area (TPSA) is 29.4 Å². The maximum atomic E-state index is 12.1. The molecule has 0 saturated heterocycles. The largest absolute Gasteiger partial charge is 0.271 e. The highest BCUT2D eigenvalue weighted by molar-refractivity contribution is 8.16. The van der Waals surface area contributed by atoms with Crippen molar-refractivity contribution in [3.63, 3.8) is 0 Å². The van der Waals surface area contributed by atoms with E-state index in [1.54, 1.807) is 11.8 Å². The Bertz CT molecular complexity index is 407. The summed E-state index contributed by atoms with van der Waals surface area (Å²) in [7, 11) is 0. The maximum absolute atomic E-state index is 12.1. The van der Waals surface area contributed by atoms with Crippen molar-refractivity contribution < 1.29 is 4.79 Å². The third-order valence-electron chi connectivity index (χ3n) is 5.50. The Hall–Kier alpha value is -0.310. The van der Waals surface area contributed by atoms with E-state index in [1.165, 1.54) is 32.1 Å². The Kier molecular flexibility index (Phi) is 2.89. The lowest BCUT2D eigenvalue weighted by atomic mass is 9.81. The molecular weight excluding hydrogens is 242 g/mol. The van der Waals surface area contributed by atoms with E-state index in [9.17, 15) is 4.79 Å². The Morgan fingerprint density at radius 1 is 1.39 bits per heavy atom. The van der Waals surface area contributed by atoms with Gasteiger partial charge < -0.3 is 0 Å². The van der Waals surface area contributed by atoms with Gasteiger partial charge in [-0.25, -0.2) is 4.99 Å². The van der Waals surface area contributed by atoms with E-state index in [-0.39, 0.29) is 10.7 Å². The van der Waals surface area contributed by atoms with Crippen LogP contribution in [0, 0.1) is 17.3 Å². The van der Waals surface area contributed by atoms with Crippen LogP contribution < -0.4 is 0 Å². The van der Waals surface area contributed by atoms with Crippen molar-refractivity contribution in [2.75, 3.05) is 0 Å². The van der Waals surface area contributed by atoms with E-state index in [0.717, 1.165) is 17.4 Å². The smallest absolute Gasteiger partial charge is 0.263 e. The molecule has 3 aliphatic rings. The van der Waals surface area contributed by atoms with Gasteiger partial charge in [-0.15, -0.1) is 0 Å². The molecule has 0 N–H and O–H groups in total. The highest BCUT2D eigenvalue weighted by Crippen LogP contribution is 2.57. The number of carbonyl (C=O) groups excluding carboxylic acids is 1. The van der Waals surface area contributed by atoms with E-state index in [4.69, 9.17) is 0 Å². The highest BCUT2D eigenvalue weighted by Gasteiger charge is 2.49. The lowest BCUT2D eigenvalue weighted by Crippen LogP contribution is -2.33.